The fourth-order valence-electron chi connectivity index (χ4n) is 2.98. The van der Waals surface area contributed by atoms with Crippen molar-refractivity contribution >= 4 is 6.08 Å². The summed E-state index contributed by atoms with van der Waals surface area (Å²) in [4.78, 5) is 14.3. The van der Waals surface area contributed by atoms with E-state index in [1.165, 1.54) is 0 Å². The SMILES string of the molecule is COc1ccc(C2(CN=C=O)CCCC2)c(OC)c1. The number of carbonyl (C=O) groups excluding carboxylic acids is 1. The van der Waals surface area contributed by atoms with Gasteiger partial charge in [-0.05, 0) is 18.9 Å². The lowest BCUT2D eigenvalue weighted by Crippen LogP contribution is -2.26. The summed E-state index contributed by atoms with van der Waals surface area (Å²) in [7, 11) is 3.29. The van der Waals surface area contributed by atoms with Crippen molar-refractivity contribution in [2.45, 2.75) is 31.1 Å². The lowest BCUT2D eigenvalue weighted by Gasteiger charge is -2.29. The minimum atomic E-state index is -0.0883. The predicted octanol–water partition coefficient (Wildman–Crippen LogP) is 2.85. The summed E-state index contributed by atoms with van der Waals surface area (Å²) < 4.78 is 10.7. The van der Waals surface area contributed by atoms with Gasteiger partial charge in [-0.3, -0.25) is 0 Å². The smallest absolute Gasteiger partial charge is 0.234 e. The van der Waals surface area contributed by atoms with Crippen molar-refractivity contribution < 1.29 is 14.3 Å². The average molecular weight is 261 g/mol. The quantitative estimate of drug-likeness (QED) is 0.605. The van der Waals surface area contributed by atoms with Crippen molar-refractivity contribution in [3.05, 3.63) is 23.8 Å². The average Bonchev–Trinajstić information content (AvgIpc) is 2.94. The van der Waals surface area contributed by atoms with Crippen LogP contribution in [0.3, 0.4) is 0 Å². The number of aliphatic imine (C=N–C) groups is 1. The second-order valence-corrected chi connectivity index (χ2v) is 4.96. The number of rotatable bonds is 5. The van der Waals surface area contributed by atoms with Crippen LogP contribution in [0.4, 0.5) is 0 Å². The molecule has 0 heterocycles. The van der Waals surface area contributed by atoms with Crippen LogP contribution in [0.5, 0.6) is 11.5 Å². The van der Waals surface area contributed by atoms with Crippen molar-refractivity contribution in [2.24, 2.45) is 4.99 Å². The highest BCUT2D eigenvalue weighted by atomic mass is 16.5. The number of methoxy groups -OCH3 is 2. The first-order chi connectivity index (χ1) is 9.25. The standard InChI is InChI=1S/C15H19NO3/c1-18-12-5-6-13(14(9-12)19-2)15(10-16-11-17)7-3-4-8-15/h5-6,9H,3-4,7-8,10H2,1-2H3. The summed E-state index contributed by atoms with van der Waals surface area (Å²) in [5.74, 6) is 1.58. The third kappa shape index (κ3) is 2.64. The molecule has 0 radical (unpaired) electrons. The van der Waals surface area contributed by atoms with Crippen LogP contribution < -0.4 is 9.47 Å². The summed E-state index contributed by atoms with van der Waals surface area (Å²) in [6.07, 6.45) is 6.03. The van der Waals surface area contributed by atoms with E-state index in [1.807, 2.05) is 18.2 Å². The van der Waals surface area contributed by atoms with Crippen molar-refractivity contribution in [2.75, 3.05) is 20.8 Å². The third-order valence-electron chi connectivity index (χ3n) is 3.99. The van der Waals surface area contributed by atoms with E-state index in [2.05, 4.69) is 4.99 Å². The fraction of sp³-hybridized carbons (Fsp3) is 0.533. The highest BCUT2D eigenvalue weighted by Gasteiger charge is 2.37. The van der Waals surface area contributed by atoms with Gasteiger partial charge in [0.1, 0.15) is 11.5 Å². The molecule has 1 fully saturated rings. The Morgan fingerprint density at radius 2 is 2.00 bits per heavy atom. The number of ether oxygens (including phenoxy) is 2. The number of hydrogen-bond donors (Lipinski definition) is 0. The summed E-state index contributed by atoms with van der Waals surface area (Å²) >= 11 is 0. The van der Waals surface area contributed by atoms with Gasteiger partial charge in [0.2, 0.25) is 6.08 Å². The summed E-state index contributed by atoms with van der Waals surface area (Å²) in [6.45, 7) is 0.485. The van der Waals surface area contributed by atoms with Gasteiger partial charge in [-0.2, -0.15) is 0 Å². The zero-order valence-corrected chi connectivity index (χ0v) is 11.4. The molecule has 4 heteroatoms. The number of nitrogens with zero attached hydrogens (tertiary/aromatic N) is 1. The van der Waals surface area contributed by atoms with E-state index in [0.29, 0.717) is 6.54 Å². The van der Waals surface area contributed by atoms with Crippen LogP contribution in [0.25, 0.3) is 0 Å². The molecule has 0 spiro atoms. The Morgan fingerprint density at radius 1 is 1.26 bits per heavy atom. The molecule has 2 rings (SSSR count). The van der Waals surface area contributed by atoms with Crippen molar-refractivity contribution in [3.8, 4) is 11.5 Å². The van der Waals surface area contributed by atoms with Crippen LogP contribution in [-0.2, 0) is 10.2 Å². The molecule has 1 saturated carbocycles. The molecule has 0 saturated heterocycles. The summed E-state index contributed by atoms with van der Waals surface area (Å²) in [6, 6.07) is 5.85. The van der Waals surface area contributed by atoms with Crippen molar-refractivity contribution in [1.29, 1.82) is 0 Å². The van der Waals surface area contributed by atoms with Gasteiger partial charge in [0.25, 0.3) is 0 Å². The maximum atomic E-state index is 10.4. The largest absolute Gasteiger partial charge is 0.497 e. The molecular formula is C15H19NO3. The normalized spacial score (nSPS) is 16.7. The second-order valence-electron chi connectivity index (χ2n) is 4.96. The van der Waals surface area contributed by atoms with Crippen LogP contribution in [0, 0.1) is 0 Å². The Morgan fingerprint density at radius 3 is 2.58 bits per heavy atom. The minimum Gasteiger partial charge on any atom is -0.497 e. The summed E-state index contributed by atoms with van der Waals surface area (Å²) in [5, 5.41) is 0. The third-order valence-corrected chi connectivity index (χ3v) is 3.99. The van der Waals surface area contributed by atoms with Crippen LogP contribution in [-0.4, -0.2) is 26.8 Å². The molecule has 0 aliphatic heterocycles. The minimum absolute atomic E-state index is 0.0883. The molecule has 1 aliphatic rings. The van der Waals surface area contributed by atoms with Crippen molar-refractivity contribution in [1.82, 2.24) is 0 Å². The Balaban J connectivity index is 2.44. The van der Waals surface area contributed by atoms with E-state index in [0.717, 1.165) is 42.7 Å². The molecule has 0 atom stereocenters. The zero-order chi connectivity index (χ0) is 13.7. The zero-order valence-electron chi connectivity index (χ0n) is 11.4. The van der Waals surface area contributed by atoms with Gasteiger partial charge in [0, 0.05) is 17.0 Å². The van der Waals surface area contributed by atoms with E-state index >= 15 is 0 Å². The Labute approximate surface area is 113 Å². The molecule has 1 aliphatic carbocycles. The van der Waals surface area contributed by atoms with E-state index < -0.39 is 0 Å². The molecule has 0 bridgehead atoms. The molecule has 0 amide bonds. The van der Waals surface area contributed by atoms with E-state index in [9.17, 15) is 4.79 Å². The van der Waals surface area contributed by atoms with Gasteiger partial charge in [-0.25, -0.2) is 9.79 Å². The molecule has 4 nitrogen and oxygen atoms in total. The van der Waals surface area contributed by atoms with Crippen LogP contribution >= 0.6 is 0 Å². The van der Waals surface area contributed by atoms with Gasteiger partial charge in [0.05, 0.1) is 20.8 Å². The number of isocyanates is 1. The highest BCUT2D eigenvalue weighted by Crippen LogP contribution is 2.45. The molecule has 0 aromatic heterocycles. The molecule has 0 N–H and O–H groups in total. The van der Waals surface area contributed by atoms with Crippen LogP contribution in [0.2, 0.25) is 0 Å². The lowest BCUT2D eigenvalue weighted by atomic mass is 9.78. The number of hydrogen-bond acceptors (Lipinski definition) is 4. The first-order valence-corrected chi connectivity index (χ1v) is 6.52. The monoisotopic (exact) mass is 261 g/mol. The van der Waals surface area contributed by atoms with E-state index in [-0.39, 0.29) is 5.41 Å². The predicted molar refractivity (Wildman–Crippen MR) is 72.7 cm³/mol. The maximum Gasteiger partial charge on any atom is 0.234 e. The fourth-order valence-corrected chi connectivity index (χ4v) is 2.98. The van der Waals surface area contributed by atoms with Gasteiger partial charge in [-0.15, -0.1) is 0 Å². The second kappa shape index (κ2) is 5.89. The summed E-state index contributed by atoms with van der Waals surface area (Å²) in [5.41, 5.74) is 1.03. The topological polar surface area (TPSA) is 47.9 Å². The highest BCUT2D eigenvalue weighted by molar-refractivity contribution is 5.46. The number of benzene rings is 1. The van der Waals surface area contributed by atoms with Gasteiger partial charge in [-0.1, -0.05) is 18.9 Å². The molecule has 0 unspecified atom stereocenters. The van der Waals surface area contributed by atoms with Crippen molar-refractivity contribution in [3.63, 3.8) is 0 Å². The molecule has 1 aromatic carbocycles. The Bertz CT molecular complexity index is 486. The molecule has 19 heavy (non-hydrogen) atoms. The Hall–Kier alpha value is -1.80. The molecule has 102 valence electrons. The first-order valence-electron chi connectivity index (χ1n) is 6.52. The van der Waals surface area contributed by atoms with Crippen LogP contribution in [0.1, 0.15) is 31.2 Å². The van der Waals surface area contributed by atoms with Crippen LogP contribution in [0.15, 0.2) is 23.2 Å². The Kier molecular flexibility index (Phi) is 4.23. The van der Waals surface area contributed by atoms with E-state index in [4.69, 9.17) is 9.47 Å². The lowest BCUT2D eigenvalue weighted by molar-refractivity contribution is 0.368. The maximum absolute atomic E-state index is 10.4. The van der Waals surface area contributed by atoms with Gasteiger partial charge >= 0.3 is 0 Å². The van der Waals surface area contributed by atoms with Gasteiger partial charge in [0.15, 0.2) is 0 Å². The van der Waals surface area contributed by atoms with Gasteiger partial charge < -0.3 is 9.47 Å². The first kappa shape index (κ1) is 13.6. The van der Waals surface area contributed by atoms with E-state index in [1.54, 1.807) is 20.3 Å². The molecular weight excluding hydrogens is 242 g/mol. The molecule has 1 aromatic rings.